The van der Waals surface area contributed by atoms with Gasteiger partial charge in [-0.15, -0.1) is 0 Å². The number of hydrogen-bond donors (Lipinski definition) is 0. The van der Waals surface area contributed by atoms with E-state index in [-0.39, 0.29) is 17.3 Å². The van der Waals surface area contributed by atoms with Crippen molar-refractivity contribution in [2.45, 2.75) is 34.3 Å². The zero-order valence-electron chi connectivity index (χ0n) is 12.4. The molecule has 0 heterocycles. The van der Waals surface area contributed by atoms with Gasteiger partial charge in [-0.1, -0.05) is 37.6 Å². The fourth-order valence-electron chi connectivity index (χ4n) is 2.67. The minimum atomic E-state index is -0.0728. The Bertz CT molecular complexity index is 542. The summed E-state index contributed by atoms with van der Waals surface area (Å²) in [5.74, 6) is 0.243. The van der Waals surface area contributed by atoms with Crippen molar-refractivity contribution < 1.29 is 9.53 Å². The highest BCUT2D eigenvalue weighted by molar-refractivity contribution is 14.1. The van der Waals surface area contributed by atoms with Crippen molar-refractivity contribution in [3.05, 3.63) is 45.0 Å². The van der Waals surface area contributed by atoms with Crippen LogP contribution in [0.5, 0.6) is 0 Å². The zero-order valence-corrected chi connectivity index (χ0v) is 14.6. The molecule has 0 radical (unpaired) electrons. The van der Waals surface area contributed by atoms with Gasteiger partial charge in [0.05, 0.1) is 5.92 Å². The van der Waals surface area contributed by atoms with Gasteiger partial charge in [-0.25, -0.2) is 0 Å². The predicted molar refractivity (Wildman–Crippen MR) is 89.1 cm³/mol. The Morgan fingerprint density at radius 2 is 2.10 bits per heavy atom. The third-order valence-electron chi connectivity index (χ3n) is 3.95. The van der Waals surface area contributed by atoms with Crippen molar-refractivity contribution in [3.63, 3.8) is 0 Å². The lowest BCUT2D eigenvalue weighted by molar-refractivity contribution is -0.147. The molecule has 0 spiro atoms. The molecule has 3 heteroatoms. The van der Waals surface area contributed by atoms with Crippen LogP contribution >= 0.6 is 22.6 Å². The highest BCUT2D eigenvalue weighted by Crippen LogP contribution is 2.59. The molecular weight excluding hydrogens is 363 g/mol. The zero-order chi connectivity index (χ0) is 14.9. The number of esters is 1. The summed E-state index contributed by atoms with van der Waals surface area (Å²) in [6, 6.07) is 8.04. The molecule has 108 valence electrons. The van der Waals surface area contributed by atoms with Crippen molar-refractivity contribution in [1.82, 2.24) is 0 Å². The first-order valence-corrected chi connectivity index (χ1v) is 7.96. The van der Waals surface area contributed by atoms with Gasteiger partial charge in [0.1, 0.15) is 6.61 Å². The summed E-state index contributed by atoms with van der Waals surface area (Å²) in [6.45, 7) is 8.78. The normalized spacial score (nSPS) is 23.1. The van der Waals surface area contributed by atoms with Gasteiger partial charge in [0.2, 0.25) is 0 Å². The molecule has 2 nitrogen and oxygen atoms in total. The number of carbonyl (C=O) groups excluding carboxylic acids is 1. The van der Waals surface area contributed by atoms with Gasteiger partial charge in [0.25, 0.3) is 0 Å². The van der Waals surface area contributed by atoms with Crippen molar-refractivity contribution in [1.29, 1.82) is 0 Å². The van der Waals surface area contributed by atoms with E-state index in [4.69, 9.17) is 4.74 Å². The molecule has 0 N–H and O–H groups in total. The summed E-state index contributed by atoms with van der Waals surface area (Å²) in [5.41, 5.74) is 2.33. The molecule has 1 saturated carbocycles. The highest BCUT2D eigenvalue weighted by Gasteiger charge is 2.61. The second-order valence-corrected chi connectivity index (χ2v) is 7.55. The summed E-state index contributed by atoms with van der Waals surface area (Å²) in [6.07, 6.45) is 2.19. The van der Waals surface area contributed by atoms with E-state index in [1.807, 2.05) is 24.3 Å². The first kappa shape index (κ1) is 15.5. The van der Waals surface area contributed by atoms with Gasteiger partial charge < -0.3 is 4.74 Å². The molecule has 2 rings (SSSR count). The third-order valence-corrected chi connectivity index (χ3v) is 4.62. The van der Waals surface area contributed by atoms with E-state index in [2.05, 4.69) is 56.4 Å². The minimum Gasteiger partial charge on any atom is -0.461 e. The number of ether oxygens (including phenoxy) is 1. The molecule has 0 bridgehead atoms. The van der Waals surface area contributed by atoms with E-state index < -0.39 is 0 Å². The molecule has 2 atom stereocenters. The van der Waals surface area contributed by atoms with Gasteiger partial charge in [-0.2, -0.15) is 0 Å². The second-order valence-electron chi connectivity index (χ2n) is 6.31. The van der Waals surface area contributed by atoms with Crippen molar-refractivity contribution in [2.75, 3.05) is 0 Å². The Morgan fingerprint density at radius 3 is 2.70 bits per heavy atom. The SMILES string of the molecule is CC(C)=C[C@@H]1[C@@H](C(=O)OCc2cccc(I)c2)C1(C)C. The Kier molecular flexibility index (Phi) is 4.57. The lowest BCUT2D eigenvalue weighted by Gasteiger charge is -2.06. The largest absolute Gasteiger partial charge is 0.461 e. The first-order chi connectivity index (χ1) is 9.32. The van der Waals surface area contributed by atoms with Crippen molar-refractivity contribution in [2.24, 2.45) is 17.3 Å². The Morgan fingerprint density at radius 1 is 1.40 bits per heavy atom. The quantitative estimate of drug-likeness (QED) is 0.432. The molecule has 0 unspecified atom stereocenters. The van der Waals surface area contributed by atoms with E-state index in [9.17, 15) is 4.79 Å². The number of hydrogen-bond acceptors (Lipinski definition) is 2. The molecule has 1 aromatic carbocycles. The lowest BCUT2D eigenvalue weighted by Crippen LogP contribution is -2.10. The Labute approximate surface area is 134 Å². The van der Waals surface area contributed by atoms with Gasteiger partial charge in [0, 0.05) is 3.57 Å². The maximum atomic E-state index is 12.2. The minimum absolute atomic E-state index is 0.000171. The average molecular weight is 384 g/mol. The van der Waals surface area contributed by atoms with Gasteiger partial charge in [-0.3, -0.25) is 4.79 Å². The van der Waals surface area contributed by atoms with E-state index in [0.717, 1.165) is 9.13 Å². The Hall–Kier alpha value is -0.840. The van der Waals surface area contributed by atoms with Crippen molar-refractivity contribution in [3.8, 4) is 0 Å². The van der Waals surface area contributed by atoms with E-state index >= 15 is 0 Å². The molecule has 1 aliphatic rings. The molecule has 0 aromatic heterocycles. The number of allylic oxidation sites excluding steroid dienone is 2. The maximum absolute atomic E-state index is 12.2. The molecule has 0 aliphatic heterocycles. The van der Waals surface area contributed by atoms with Crippen LogP contribution in [0.25, 0.3) is 0 Å². The monoisotopic (exact) mass is 384 g/mol. The van der Waals surface area contributed by atoms with E-state index in [0.29, 0.717) is 12.5 Å². The van der Waals surface area contributed by atoms with Crippen LogP contribution in [0.3, 0.4) is 0 Å². The highest BCUT2D eigenvalue weighted by atomic mass is 127. The van der Waals surface area contributed by atoms with E-state index in [1.165, 1.54) is 5.57 Å². The summed E-state index contributed by atoms with van der Waals surface area (Å²) in [4.78, 5) is 12.2. The smallest absolute Gasteiger partial charge is 0.310 e. The predicted octanol–water partition coefficient (Wildman–Crippen LogP) is 4.57. The number of benzene rings is 1. The van der Waals surface area contributed by atoms with Crippen LogP contribution in [0.2, 0.25) is 0 Å². The van der Waals surface area contributed by atoms with Crippen LogP contribution in [0.1, 0.15) is 33.3 Å². The van der Waals surface area contributed by atoms with Gasteiger partial charge in [-0.05, 0) is 65.5 Å². The average Bonchev–Trinajstić information content (AvgIpc) is 2.87. The topological polar surface area (TPSA) is 26.3 Å². The first-order valence-electron chi connectivity index (χ1n) is 6.88. The third kappa shape index (κ3) is 3.43. The fraction of sp³-hybridized carbons (Fsp3) is 0.471. The second kappa shape index (κ2) is 5.88. The summed E-state index contributed by atoms with van der Waals surface area (Å²) in [7, 11) is 0. The fourth-order valence-corrected chi connectivity index (χ4v) is 3.28. The van der Waals surface area contributed by atoms with Crippen LogP contribution in [-0.4, -0.2) is 5.97 Å². The molecule has 20 heavy (non-hydrogen) atoms. The van der Waals surface area contributed by atoms with Crippen molar-refractivity contribution >= 4 is 28.6 Å². The van der Waals surface area contributed by atoms with Gasteiger partial charge in [0.15, 0.2) is 0 Å². The molecule has 0 saturated heterocycles. The molecule has 0 amide bonds. The van der Waals surface area contributed by atoms with Crippen LogP contribution in [0, 0.1) is 20.8 Å². The van der Waals surface area contributed by atoms with Crippen LogP contribution in [0.4, 0.5) is 0 Å². The summed E-state index contributed by atoms with van der Waals surface area (Å²) >= 11 is 2.26. The van der Waals surface area contributed by atoms with E-state index in [1.54, 1.807) is 0 Å². The summed E-state index contributed by atoms with van der Waals surface area (Å²) < 4.78 is 6.64. The number of rotatable bonds is 4. The standard InChI is InChI=1S/C17H21IO2/c1-11(2)8-14-15(17(14,3)4)16(19)20-10-12-6-5-7-13(18)9-12/h5-9,14-15H,10H2,1-4H3/t14-,15+/m1/s1. The Balaban J connectivity index is 1.95. The van der Waals surface area contributed by atoms with Crippen LogP contribution in [0.15, 0.2) is 35.9 Å². The molecule has 1 aliphatic carbocycles. The maximum Gasteiger partial charge on any atom is 0.310 e. The number of halogens is 1. The van der Waals surface area contributed by atoms with Crippen LogP contribution in [-0.2, 0) is 16.1 Å². The lowest BCUT2D eigenvalue weighted by atomic mass is 10.1. The molecule has 1 aromatic rings. The van der Waals surface area contributed by atoms with Gasteiger partial charge >= 0.3 is 5.97 Å². The number of carbonyl (C=O) groups is 1. The molecule has 1 fully saturated rings. The summed E-state index contributed by atoms with van der Waals surface area (Å²) in [5, 5.41) is 0. The molecular formula is C17H21IO2. The van der Waals surface area contributed by atoms with Crippen LogP contribution < -0.4 is 0 Å².